The van der Waals surface area contributed by atoms with Gasteiger partial charge in [-0.3, -0.25) is 0 Å². The third kappa shape index (κ3) is 3.76. The fourth-order valence-electron chi connectivity index (χ4n) is 3.06. The average Bonchev–Trinajstić information content (AvgIpc) is 2.97. The molecule has 1 aromatic heterocycles. The van der Waals surface area contributed by atoms with Crippen LogP contribution >= 0.6 is 0 Å². The molecule has 0 bridgehead atoms. The lowest BCUT2D eigenvalue weighted by atomic mass is 9.84. The van der Waals surface area contributed by atoms with Crippen LogP contribution in [-0.2, 0) is 4.74 Å². The van der Waals surface area contributed by atoms with Crippen molar-refractivity contribution in [3.05, 3.63) is 5.82 Å². The molecule has 0 aliphatic heterocycles. The molecule has 2 rings (SSSR count). The zero-order valence-corrected chi connectivity index (χ0v) is 12.9. The van der Waals surface area contributed by atoms with E-state index in [1.54, 1.807) is 7.11 Å². The van der Waals surface area contributed by atoms with E-state index in [1.807, 2.05) is 4.68 Å². The van der Waals surface area contributed by atoms with Gasteiger partial charge < -0.3 is 10.1 Å². The van der Waals surface area contributed by atoms with Crippen molar-refractivity contribution in [3.63, 3.8) is 0 Å². The predicted molar refractivity (Wildman–Crippen MR) is 77.4 cm³/mol. The Hall–Kier alpha value is -1.01. The van der Waals surface area contributed by atoms with Crippen LogP contribution in [-0.4, -0.2) is 40.5 Å². The van der Waals surface area contributed by atoms with Crippen molar-refractivity contribution in [2.45, 2.75) is 58.0 Å². The third-order valence-corrected chi connectivity index (χ3v) is 4.38. The van der Waals surface area contributed by atoms with E-state index in [-0.39, 0.29) is 6.04 Å². The molecule has 6 nitrogen and oxygen atoms in total. The van der Waals surface area contributed by atoms with Crippen LogP contribution in [0.15, 0.2) is 0 Å². The summed E-state index contributed by atoms with van der Waals surface area (Å²) in [7, 11) is 1.71. The summed E-state index contributed by atoms with van der Waals surface area (Å²) in [4.78, 5) is 0. The Balaban J connectivity index is 1.99. The summed E-state index contributed by atoms with van der Waals surface area (Å²) in [5, 5.41) is 15.7. The minimum Gasteiger partial charge on any atom is -0.383 e. The van der Waals surface area contributed by atoms with Gasteiger partial charge >= 0.3 is 0 Å². The number of rotatable bonds is 7. The van der Waals surface area contributed by atoms with Crippen LogP contribution < -0.4 is 5.32 Å². The molecular weight excluding hydrogens is 254 g/mol. The zero-order chi connectivity index (χ0) is 14.4. The van der Waals surface area contributed by atoms with E-state index in [4.69, 9.17) is 4.74 Å². The van der Waals surface area contributed by atoms with Gasteiger partial charge in [0.1, 0.15) is 0 Å². The van der Waals surface area contributed by atoms with Crippen molar-refractivity contribution < 1.29 is 4.74 Å². The first-order valence-corrected chi connectivity index (χ1v) is 7.74. The highest BCUT2D eigenvalue weighted by molar-refractivity contribution is 4.93. The SMILES string of the molecule is COCCNC(C)c1nnnn1C(C)C1CCCCC1. The van der Waals surface area contributed by atoms with Crippen molar-refractivity contribution >= 4 is 0 Å². The lowest BCUT2D eigenvalue weighted by Gasteiger charge is -2.28. The van der Waals surface area contributed by atoms with Crippen molar-refractivity contribution in [2.75, 3.05) is 20.3 Å². The van der Waals surface area contributed by atoms with Crippen molar-refractivity contribution in [3.8, 4) is 0 Å². The molecule has 6 heteroatoms. The summed E-state index contributed by atoms with van der Waals surface area (Å²) < 4.78 is 7.08. The van der Waals surface area contributed by atoms with E-state index in [0.29, 0.717) is 18.6 Å². The predicted octanol–water partition coefficient (Wildman–Crippen LogP) is 2.11. The smallest absolute Gasteiger partial charge is 0.168 e. The summed E-state index contributed by atoms with van der Waals surface area (Å²) in [6.07, 6.45) is 6.65. The molecule has 114 valence electrons. The van der Waals surface area contributed by atoms with E-state index in [1.165, 1.54) is 32.1 Å². The van der Waals surface area contributed by atoms with Gasteiger partial charge in [0, 0.05) is 13.7 Å². The van der Waals surface area contributed by atoms with Crippen LogP contribution in [0.2, 0.25) is 0 Å². The third-order valence-electron chi connectivity index (χ3n) is 4.38. The van der Waals surface area contributed by atoms with E-state index < -0.39 is 0 Å². The quantitative estimate of drug-likeness (QED) is 0.775. The molecule has 1 aromatic rings. The van der Waals surface area contributed by atoms with Gasteiger partial charge in [0.2, 0.25) is 0 Å². The van der Waals surface area contributed by atoms with Gasteiger partial charge in [-0.15, -0.1) is 5.10 Å². The van der Waals surface area contributed by atoms with E-state index >= 15 is 0 Å². The summed E-state index contributed by atoms with van der Waals surface area (Å²) in [6.45, 7) is 5.86. The second-order valence-electron chi connectivity index (χ2n) is 5.79. The van der Waals surface area contributed by atoms with Gasteiger partial charge in [0.25, 0.3) is 0 Å². The molecule has 0 aromatic carbocycles. The number of ether oxygens (including phenoxy) is 1. The van der Waals surface area contributed by atoms with Crippen LogP contribution in [0.4, 0.5) is 0 Å². The van der Waals surface area contributed by atoms with Crippen molar-refractivity contribution in [2.24, 2.45) is 5.92 Å². The zero-order valence-electron chi connectivity index (χ0n) is 12.9. The number of hydrogen-bond donors (Lipinski definition) is 1. The van der Waals surface area contributed by atoms with Gasteiger partial charge in [-0.1, -0.05) is 19.3 Å². The Morgan fingerprint density at radius 3 is 2.75 bits per heavy atom. The number of nitrogens with one attached hydrogen (secondary N) is 1. The molecule has 2 atom stereocenters. The normalized spacial score (nSPS) is 19.9. The fraction of sp³-hybridized carbons (Fsp3) is 0.929. The van der Waals surface area contributed by atoms with Gasteiger partial charge in [-0.05, 0) is 43.0 Å². The van der Waals surface area contributed by atoms with Crippen molar-refractivity contribution in [1.29, 1.82) is 0 Å². The maximum absolute atomic E-state index is 5.06. The Kier molecular flexibility index (Phi) is 5.91. The van der Waals surface area contributed by atoms with Crippen LogP contribution in [0.1, 0.15) is 63.9 Å². The first kappa shape index (κ1) is 15.4. The first-order chi connectivity index (χ1) is 9.74. The fourth-order valence-corrected chi connectivity index (χ4v) is 3.06. The van der Waals surface area contributed by atoms with Gasteiger partial charge in [0.05, 0.1) is 18.7 Å². The number of tetrazole rings is 1. The second-order valence-corrected chi connectivity index (χ2v) is 5.79. The molecule has 0 spiro atoms. The summed E-state index contributed by atoms with van der Waals surface area (Å²) in [6, 6.07) is 0.526. The number of hydrogen-bond acceptors (Lipinski definition) is 5. The van der Waals surface area contributed by atoms with Crippen molar-refractivity contribution in [1.82, 2.24) is 25.5 Å². The standard InChI is InChI=1S/C14H27N5O/c1-11(15-9-10-20-3)14-16-17-18-19(14)12(2)13-7-5-4-6-8-13/h11-13,15H,4-10H2,1-3H3. The van der Waals surface area contributed by atoms with Crippen LogP contribution in [0.5, 0.6) is 0 Å². The average molecular weight is 281 g/mol. The highest BCUT2D eigenvalue weighted by Crippen LogP contribution is 2.33. The van der Waals surface area contributed by atoms with E-state index in [9.17, 15) is 0 Å². The molecular formula is C14H27N5O. The molecule has 1 fully saturated rings. The van der Waals surface area contributed by atoms with Gasteiger partial charge in [-0.2, -0.15) is 0 Å². The molecule has 1 aliphatic carbocycles. The maximum atomic E-state index is 5.06. The highest BCUT2D eigenvalue weighted by Gasteiger charge is 2.26. The monoisotopic (exact) mass is 281 g/mol. The Morgan fingerprint density at radius 1 is 1.30 bits per heavy atom. The highest BCUT2D eigenvalue weighted by atomic mass is 16.5. The van der Waals surface area contributed by atoms with E-state index in [2.05, 4.69) is 34.7 Å². The molecule has 2 unspecified atom stereocenters. The van der Waals surface area contributed by atoms with Crippen LogP contribution in [0.25, 0.3) is 0 Å². The minimum atomic E-state index is 0.145. The molecule has 0 radical (unpaired) electrons. The molecule has 20 heavy (non-hydrogen) atoms. The molecule has 1 aliphatic rings. The number of aromatic nitrogens is 4. The summed E-state index contributed by atoms with van der Waals surface area (Å²) in [5.74, 6) is 1.64. The Bertz CT molecular complexity index is 389. The lowest BCUT2D eigenvalue weighted by molar-refractivity contribution is 0.194. The molecule has 0 amide bonds. The molecule has 1 saturated carbocycles. The molecule has 0 saturated heterocycles. The molecule has 1 N–H and O–H groups in total. The summed E-state index contributed by atoms with van der Waals surface area (Å²) in [5.41, 5.74) is 0. The first-order valence-electron chi connectivity index (χ1n) is 7.74. The molecule has 1 heterocycles. The number of nitrogens with zero attached hydrogens (tertiary/aromatic N) is 4. The van der Waals surface area contributed by atoms with E-state index in [0.717, 1.165) is 12.4 Å². The topological polar surface area (TPSA) is 64.9 Å². The Morgan fingerprint density at radius 2 is 2.05 bits per heavy atom. The van der Waals surface area contributed by atoms with Gasteiger partial charge in [-0.25, -0.2) is 4.68 Å². The van der Waals surface area contributed by atoms with Crippen LogP contribution in [0.3, 0.4) is 0 Å². The Labute approximate surface area is 121 Å². The number of methoxy groups -OCH3 is 1. The van der Waals surface area contributed by atoms with Crippen LogP contribution in [0, 0.1) is 5.92 Å². The minimum absolute atomic E-state index is 0.145. The summed E-state index contributed by atoms with van der Waals surface area (Å²) >= 11 is 0. The van der Waals surface area contributed by atoms with Gasteiger partial charge in [0.15, 0.2) is 5.82 Å². The maximum Gasteiger partial charge on any atom is 0.168 e. The largest absolute Gasteiger partial charge is 0.383 e. The second kappa shape index (κ2) is 7.69. The lowest BCUT2D eigenvalue weighted by Crippen LogP contribution is -2.28.